The van der Waals surface area contributed by atoms with Crippen molar-refractivity contribution in [3.8, 4) is 0 Å². The summed E-state index contributed by atoms with van der Waals surface area (Å²) in [5, 5.41) is 43.5. The van der Waals surface area contributed by atoms with Crippen molar-refractivity contribution in [2.24, 2.45) is 5.92 Å². The number of hydrogen-bond donors (Lipinski definition) is 5. The fraction of sp³-hybridized carbons (Fsp3) is 0.944. The van der Waals surface area contributed by atoms with Crippen LogP contribution in [0.3, 0.4) is 0 Å². The number of nitrogens with one attached hydrogen (secondary N) is 1. The van der Waals surface area contributed by atoms with Gasteiger partial charge in [0, 0.05) is 6.54 Å². The van der Waals surface area contributed by atoms with Crippen LogP contribution in [-0.4, -0.2) is 99.1 Å². The average Bonchev–Trinajstić information content (AvgIpc) is 2.99. The smallest absolute Gasteiger partial charge is 0.237 e. The van der Waals surface area contributed by atoms with Crippen molar-refractivity contribution in [2.45, 2.75) is 81.1 Å². The van der Waals surface area contributed by atoms with E-state index >= 15 is 0 Å². The summed E-state index contributed by atoms with van der Waals surface area (Å²) in [5.41, 5.74) is -0.755. The van der Waals surface area contributed by atoms with Gasteiger partial charge in [-0.05, 0) is 39.0 Å². The monoisotopic (exact) mass is 441 g/mol. The van der Waals surface area contributed by atoms with E-state index in [1.165, 1.54) is 18.7 Å². The highest BCUT2D eigenvalue weighted by Gasteiger charge is 2.48. The maximum absolute atomic E-state index is 12.8. The van der Waals surface area contributed by atoms with Gasteiger partial charge in [0.1, 0.15) is 29.9 Å². The lowest BCUT2D eigenvalue weighted by molar-refractivity contribution is -0.211. The molecule has 0 aromatic carbocycles. The van der Waals surface area contributed by atoms with Crippen LogP contribution in [0.5, 0.6) is 0 Å². The molecule has 8 nitrogen and oxygen atoms in total. The third-order valence-corrected chi connectivity index (χ3v) is 6.51. The Bertz CT molecular complexity index is 501. The standard InChI is InChI=1S/C18H34N2O6S.ClH/c1-5-6-10-7-11(20(3)8-10)17(25)19-12(9(2)21)16-14(23)13(22)15(24)18(26-16)27-4;/h9-16,18,21-24H,5-8H2,1-4H3,(H,19,25);1H/p-1/t9-,10+,11-,12-,13-,14+,15+,16+,18+;/m0./s1. The van der Waals surface area contributed by atoms with E-state index in [4.69, 9.17) is 4.74 Å². The molecule has 0 bridgehead atoms. The molecule has 0 aliphatic carbocycles. The Labute approximate surface area is 177 Å². The summed E-state index contributed by atoms with van der Waals surface area (Å²) in [6.45, 7) is 4.48. The van der Waals surface area contributed by atoms with E-state index in [1.807, 2.05) is 11.9 Å². The number of ether oxygens (including phenoxy) is 1. The molecule has 0 radical (unpaired) electrons. The van der Waals surface area contributed by atoms with Gasteiger partial charge in [0.2, 0.25) is 5.91 Å². The molecule has 28 heavy (non-hydrogen) atoms. The number of carbonyl (C=O) groups excluding carboxylic acids is 1. The first kappa shape index (κ1) is 25.9. The Morgan fingerprint density at radius 3 is 2.46 bits per heavy atom. The minimum absolute atomic E-state index is 0. The number of nitrogens with zero attached hydrogens (tertiary/aromatic N) is 1. The molecule has 2 rings (SSSR count). The molecule has 0 aromatic rings. The maximum atomic E-state index is 12.8. The maximum Gasteiger partial charge on any atom is 0.237 e. The topological polar surface area (TPSA) is 122 Å². The van der Waals surface area contributed by atoms with Crippen LogP contribution in [0.15, 0.2) is 0 Å². The predicted molar refractivity (Wildman–Crippen MR) is 103 cm³/mol. The van der Waals surface area contributed by atoms with Crippen LogP contribution in [0.4, 0.5) is 0 Å². The van der Waals surface area contributed by atoms with Gasteiger partial charge in [-0.1, -0.05) is 13.3 Å². The van der Waals surface area contributed by atoms with Gasteiger partial charge in [-0.3, -0.25) is 9.69 Å². The lowest BCUT2D eigenvalue weighted by Gasteiger charge is -2.44. The number of halogens is 1. The summed E-state index contributed by atoms with van der Waals surface area (Å²) in [7, 11) is 1.91. The van der Waals surface area contributed by atoms with Crippen molar-refractivity contribution in [1.82, 2.24) is 10.2 Å². The summed E-state index contributed by atoms with van der Waals surface area (Å²) in [4.78, 5) is 14.9. The Kier molecular flexibility index (Phi) is 10.5. The molecule has 0 spiro atoms. The summed E-state index contributed by atoms with van der Waals surface area (Å²) in [6.07, 6.45) is -1.50. The Hall–Kier alpha value is -0.130. The van der Waals surface area contributed by atoms with Gasteiger partial charge in [-0.25, -0.2) is 0 Å². The predicted octanol–water partition coefficient (Wildman–Crippen LogP) is -3.85. The van der Waals surface area contributed by atoms with E-state index in [0.29, 0.717) is 5.92 Å². The first-order chi connectivity index (χ1) is 12.7. The number of rotatable bonds is 7. The van der Waals surface area contributed by atoms with Gasteiger partial charge in [0.05, 0.1) is 18.2 Å². The average molecular weight is 442 g/mol. The van der Waals surface area contributed by atoms with Gasteiger partial charge in [0.15, 0.2) is 0 Å². The van der Waals surface area contributed by atoms with Gasteiger partial charge in [-0.2, -0.15) is 0 Å². The second-order valence-electron chi connectivity index (χ2n) is 7.80. The van der Waals surface area contributed by atoms with Gasteiger partial charge < -0.3 is 42.9 Å². The molecule has 2 aliphatic rings. The third-order valence-electron chi connectivity index (χ3n) is 5.66. The summed E-state index contributed by atoms with van der Waals surface area (Å²) >= 11 is 1.20. The second kappa shape index (κ2) is 11.3. The van der Waals surface area contributed by atoms with Crippen LogP contribution >= 0.6 is 11.8 Å². The van der Waals surface area contributed by atoms with E-state index in [2.05, 4.69) is 12.2 Å². The van der Waals surface area contributed by atoms with E-state index in [0.717, 1.165) is 25.8 Å². The van der Waals surface area contributed by atoms with Crippen molar-refractivity contribution < 1.29 is 42.4 Å². The number of thioether (sulfide) groups is 1. The number of hydrogen-bond acceptors (Lipinski definition) is 8. The molecule has 1 amide bonds. The zero-order valence-corrected chi connectivity index (χ0v) is 18.4. The highest BCUT2D eigenvalue weighted by Crippen LogP contribution is 2.30. The minimum atomic E-state index is -1.42. The fourth-order valence-corrected chi connectivity index (χ4v) is 4.81. The highest BCUT2D eigenvalue weighted by atomic mass is 35.5. The molecule has 5 N–H and O–H groups in total. The molecule has 2 fully saturated rings. The number of amides is 1. The van der Waals surface area contributed by atoms with Crippen LogP contribution in [0, 0.1) is 5.92 Å². The van der Waals surface area contributed by atoms with Crippen LogP contribution in [0.1, 0.15) is 33.1 Å². The molecule has 2 aliphatic heterocycles. The third kappa shape index (κ3) is 5.72. The molecule has 9 atom stereocenters. The van der Waals surface area contributed by atoms with Gasteiger partial charge >= 0.3 is 0 Å². The van der Waals surface area contributed by atoms with Gasteiger partial charge in [-0.15, -0.1) is 11.8 Å². The van der Waals surface area contributed by atoms with Crippen molar-refractivity contribution >= 4 is 17.7 Å². The number of carbonyl (C=O) groups is 1. The second-order valence-corrected chi connectivity index (χ2v) is 8.73. The number of likely N-dealkylation sites (N-methyl/N-ethyl adjacent to an activating group) is 1. The quantitative estimate of drug-likeness (QED) is 0.272. The van der Waals surface area contributed by atoms with Crippen molar-refractivity contribution in [3.63, 3.8) is 0 Å². The van der Waals surface area contributed by atoms with Crippen molar-refractivity contribution in [1.29, 1.82) is 0 Å². The Morgan fingerprint density at radius 2 is 1.93 bits per heavy atom. The summed E-state index contributed by atoms with van der Waals surface area (Å²) < 4.78 is 5.72. The van der Waals surface area contributed by atoms with Crippen LogP contribution < -0.4 is 17.7 Å². The Morgan fingerprint density at radius 1 is 1.29 bits per heavy atom. The molecule has 2 heterocycles. The molecule has 10 heteroatoms. The van der Waals surface area contributed by atoms with Crippen LogP contribution in [0.25, 0.3) is 0 Å². The molecule has 2 saturated heterocycles. The molecule has 166 valence electrons. The number of aliphatic hydroxyl groups is 4. The minimum Gasteiger partial charge on any atom is -1.00 e. The van der Waals surface area contributed by atoms with E-state index in [1.54, 1.807) is 6.26 Å². The highest BCUT2D eigenvalue weighted by molar-refractivity contribution is 7.99. The van der Waals surface area contributed by atoms with Gasteiger partial charge in [0.25, 0.3) is 0 Å². The summed E-state index contributed by atoms with van der Waals surface area (Å²) in [6, 6.07) is -1.20. The molecule has 0 aromatic heterocycles. The van der Waals surface area contributed by atoms with E-state index in [9.17, 15) is 25.2 Å². The molecule has 0 unspecified atom stereocenters. The van der Waals surface area contributed by atoms with Crippen LogP contribution in [0.2, 0.25) is 0 Å². The summed E-state index contributed by atoms with van der Waals surface area (Å²) in [5.74, 6) is 0.245. The number of aliphatic hydroxyl groups excluding tert-OH is 4. The first-order valence-corrected chi connectivity index (χ1v) is 10.9. The van der Waals surface area contributed by atoms with Crippen LogP contribution in [-0.2, 0) is 9.53 Å². The SMILES string of the molecule is CCC[C@@H]1C[C@@H](C(=O)N[C@H]([C@H]2O[C@H](SC)[C@H](O)[C@@H](O)[C@H]2O)[C@H](C)O)N(C)C1.[Cl-]. The van der Waals surface area contributed by atoms with E-state index in [-0.39, 0.29) is 24.4 Å². The number of likely N-dealkylation sites (tertiary alicyclic amines) is 1. The van der Waals surface area contributed by atoms with E-state index < -0.39 is 42.0 Å². The normalized spacial score (nSPS) is 38.5. The van der Waals surface area contributed by atoms with Crippen molar-refractivity contribution in [3.05, 3.63) is 0 Å². The fourth-order valence-electron chi connectivity index (χ4n) is 4.13. The molecular formula is C18H34ClN2O6S-. The largest absolute Gasteiger partial charge is 1.00 e. The zero-order chi connectivity index (χ0) is 20.3. The van der Waals surface area contributed by atoms with Crippen molar-refractivity contribution in [2.75, 3.05) is 19.8 Å². The molecular weight excluding hydrogens is 408 g/mol. The lowest BCUT2D eigenvalue weighted by Crippen LogP contribution is -3.00. The Balaban J connectivity index is 0.00000392. The zero-order valence-electron chi connectivity index (χ0n) is 16.9. The molecule has 0 saturated carbocycles. The first-order valence-electron chi connectivity index (χ1n) is 9.62. The lowest BCUT2D eigenvalue weighted by atomic mass is 9.92.